The fourth-order valence-electron chi connectivity index (χ4n) is 4.61. The molecule has 1 unspecified atom stereocenters. The fourth-order valence-corrected chi connectivity index (χ4v) is 4.61. The fraction of sp³-hybridized carbons (Fsp3) is 0.355. The number of halogens is 4. The van der Waals surface area contributed by atoms with Crippen molar-refractivity contribution in [3.8, 4) is 16.9 Å². The summed E-state index contributed by atoms with van der Waals surface area (Å²) >= 11 is 0. The molecular weight excluding hydrogens is 526 g/mol. The minimum absolute atomic E-state index is 0.0178. The standard InChI is InChI=1S/C31H33F4NO4/c1-3-4-5-9-12-26(40-27-16-13-22(19-25(27)32)30(39)36-18-17-28(37)38)23-14-15-24(21-10-7-6-8-11-21)29(20(23)2)31(33,34)35/h6-8,10-11,13-16,19,26H,3-5,9,12,17-18H2,1-2H3,(H,36,39)(H,37,38). The number of aliphatic carboxylic acids is 1. The van der Waals surface area contributed by atoms with Gasteiger partial charge < -0.3 is 15.2 Å². The van der Waals surface area contributed by atoms with Crippen LogP contribution in [-0.2, 0) is 11.0 Å². The van der Waals surface area contributed by atoms with Gasteiger partial charge in [0.25, 0.3) is 5.91 Å². The highest BCUT2D eigenvalue weighted by Gasteiger charge is 2.37. The van der Waals surface area contributed by atoms with Crippen LogP contribution in [0.1, 0.15) is 78.6 Å². The van der Waals surface area contributed by atoms with Gasteiger partial charge in [0.2, 0.25) is 0 Å². The monoisotopic (exact) mass is 559 g/mol. The zero-order valence-electron chi connectivity index (χ0n) is 22.5. The molecule has 3 aromatic carbocycles. The number of carboxylic acids is 1. The van der Waals surface area contributed by atoms with Crippen molar-refractivity contribution < 1.29 is 37.0 Å². The lowest BCUT2D eigenvalue weighted by molar-refractivity contribution is -0.138. The average molecular weight is 560 g/mol. The van der Waals surface area contributed by atoms with Crippen molar-refractivity contribution in [2.75, 3.05) is 6.54 Å². The van der Waals surface area contributed by atoms with E-state index in [-0.39, 0.29) is 35.4 Å². The van der Waals surface area contributed by atoms with Crippen LogP contribution in [0, 0.1) is 12.7 Å². The molecule has 3 rings (SSSR count). The summed E-state index contributed by atoms with van der Waals surface area (Å²) in [5.74, 6) is -2.77. The first-order chi connectivity index (χ1) is 19.0. The van der Waals surface area contributed by atoms with Crippen LogP contribution in [0.5, 0.6) is 5.75 Å². The molecule has 1 amide bonds. The third-order valence-corrected chi connectivity index (χ3v) is 6.63. The summed E-state index contributed by atoms with van der Waals surface area (Å²) in [5, 5.41) is 11.1. The molecule has 0 aliphatic rings. The Bertz CT molecular complexity index is 1310. The van der Waals surface area contributed by atoms with Gasteiger partial charge in [-0.25, -0.2) is 4.39 Å². The maximum Gasteiger partial charge on any atom is 0.417 e. The molecule has 2 N–H and O–H groups in total. The summed E-state index contributed by atoms with van der Waals surface area (Å²) in [7, 11) is 0. The van der Waals surface area contributed by atoms with Crippen LogP contribution in [0.15, 0.2) is 60.7 Å². The van der Waals surface area contributed by atoms with E-state index in [0.29, 0.717) is 24.0 Å². The Balaban J connectivity index is 1.96. The number of rotatable bonds is 13. The smallest absolute Gasteiger partial charge is 0.417 e. The highest BCUT2D eigenvalue weighted by molar-refractivity contribution is 5.94. The van der Waals surface area contributed by atoms with Crippen LogP contribution in [0.3, 0.4) is 0 Å². The molecule has 0 heterocycles. The summed E-state index contributed by atoms with van der Waals surface area (Å²) in [6.45, 7) is 3.34. The molecule has 3 aromatic rings. The molecular formula is C31H33F4NO4. The van der Waals surface area contributed by atoms with Crippen LogP contribution in [-0.4, -0.2) is 23.5 Å². The molecule has 0 aromatic heterocycles. The number of carboxylic acid groups (broad SMARTS) is 1. The van der Waals surface area contributed by atoms with Crippen molar-refractivity contribution >= 4 is 11.9 Å². The SMILES string of the molecule is CCCCCCC(Oc1ccc(C(=O)NCCC(=O)O)cc1F)c1ccc(-c2ccccc2)c(C(F)(F)F)c1C. The lowest BCUT2D eigenvalue weighted by Crippen LogP contribution is -2.26. The molecule has 40 heavy (non-hydrogen) atoms. The average Bonchev–Trinajstić information content (AvgIpc) is 2.90. The highest BCUT2D eigenvalue weighted by atomic mass is 19.4. The lowest BCUT2D eigenvalue weighted by Gasteiger charge is -2.25. The van der Waals surface area contributed by atoms with Crippen molar-refractivity contribution in [1.82, 2.24) is 5.32 Å². The minimum Gasteiger partial charge on any atom is -0.483 e. The third-order valence-electron chi connectivity index (χ3n) is 6.63. The molecule has 9 heteroatoms. The van der Waals surface area contributed by atoms with E-state index in [2.05, 4.69) is 5.32 Å². The first-order valence-corrected chi connectivity index (χ1v) is 13.2. The molecule has 0 saturated heterocycles. The van der Waals surface area contributed by atoms with E-state index in [9.17, 15) is 22.8 Å². The number of hydrogen-bond acceptors (Lipinski definition) is 3. The first kappa shape index (κ1) is 30.7. The molecule has 0 bridgehead atoms. The molecule has 0 aliphatic heterocycles. The second kappa shape index (κ2) is 14.0. The Kier molecular flexibility index (Phi) is 10.7. The van der Waals surface area contributed by atoms with Gasteiger partial charge in [-0.15, -0.1) is 0 Å². The molecule has 0 radical (unpaired) electrons. The molecule has 0 spiro atoms. The zero-order valence-corrected chi connectivity index (χ0v) is 22.5. The second-order valence-electron chi connectivity index (χ2n) is 9.57. The predicted molar refractivity (Wildman–Crippen MR) is 145 cm³/mol. The van der Waals surface area contributed by atoms with E-state index < -0.39 is 35.5 Å². The van der Waals surface area contributed by atoms with E-state index >= 15 is 4.39 Å². The Morgan fingerprint density at radius 1 is 1.00 bits per heavy atom. The van der Waals surface area contributed by atoms with Crippen molar-refractivity contribution in [3.63, 3.8) is 0 Å². The maximum atomic E-state index is 15.1. The third kappa shape index (κ3) is 8.07. The van der Waals surface area contributed by atoms with Crippen molar-refractivity contribution in [2.24, 2.45) is 0 Å². The number of alkyl halides is 3. The van der Waals surface area contributed by atoms with Gasteiger partial charge in [-0.05, 0) is 60.2 Å². The molecule has 0 aliphatic carbocycles. The number of carbonyl (C=O) groups is 2. The summed E-state index contributed by atoms with van der Waals surface area (Å²) in [6, 6.07) is 14.9. The number of hydrogen-bond donors (Lipinski definition) is 2. The van der Waals surface area contributed by atoms with Gasteiger partial charge in [-0.2, -0.15) is 13.2 Å². The summed E-state index contributed by atoms with van der Waals surface area (Å²) < 4.78 is 64.1. The molecule has 5 nitrogen and oxygen atoms in total. The summed E-state index contributed by atoms with van der Waals surface area (Å²) in [5.41, 5.74) is 0.0453. The number of benzene rings is 3. The highest BCUT2D eigenvalue weighted by Crippen LogP contribution is 2.43. The van der Waals surface area contributed by atoms with Gasteiger partial charge in [0, 0.05) is 12.1 Å². The van der Waals surface area contributed by atoms with Gasteiger partial charge in [-0.3, -0.25) is 9.59 Å². The van der Waals surface area contributed by atoms with E-state index in [1.807, 2.05) is 6.92 Å². The lowest BCUT2D eigenvalue weighted by atomic mass is 9.89. The Labute approximate surface area is 231 Å². The van der Waals surface area contributed by atoms with E-state index in [1.165, 1.54) is 25.1 Å². The minimum atomic E-state index is -4.63. The van der Waals surface area contributed by atoms with E-state index in [1.54, 1.807) is 36.4 Å². The number of ether oxygens (including phenoxy) is 1. The summed E-state index contributed by atoms with van der Waals surface area (Å²) in [4.78, 5) is 22.9. The number of carbonyl (C=O) groups excluding carboxylic acids is 1. The van der Waals surface area contributed by atoms with Crippen molar-refractivity contribution in [3.05, 3.63) is 88.7 Å². The predicted octanol–water partition coefficient (Wildman–Crippen LogP) is 8.11. The molecule has 1 atom stereocenters. The molecule has 0 saturated carbocycles. The number of amides is 1. The zero-order chi connectivity index (χ0) is 29.3. The first-order valence-electron chi connectivity index (χ1n) is 13.2. The van der Waals surface area contributed by atoms with Crippen LogP contribution < -0.4 is 10.1 Å². The molecule has 0 fully saturated rings. The number of nitrogens with one attached hydrogen (secondary N) is 1. The van der Waals surface area contributed by atoms with E-state index in [4.69, 9.17) is 9.84 Å². The Morgan fingerprint density at radius 3 is 2.35 bits per heavy atom. The van der Waals surface area contributed by atoms with Gasteiger partial charge in [0.1, 0.15) is 6.10 Å². The van der Waals surface area contributed by atoms with Gasteiger partial charge in [-0.1, -0.05) is 68.7 Å². The normalized spacial score (nSPS) is 12.2. The van der Waals surface area contributed by atoms with Crippen LogP contribution in [0.25, 0.3) is 11.1 Å². The van der Waals surface area contributed by atoms with Crippen LogP contribution >= 0.6 is 0 Å². The van der Waals surface area contributed by atoms with Gasteiger partial charge >= 0.3 is 12.1 Å². The summed E-state index contributed by atoms with van der Waals surface area (Å²) in [6.07, 6.45) is -1.94. The largest absolute Gasteiger partial charge is 0.483 e. The number of unbranched alkanes of at least 4 members (excludes halogenated alkanes) is 3. The van der Waals surface area contributed by atoms with Gasteiger partial charge in [0.05, 0.1) is 12.0 Å². The Hall–Kier alpha value is -3.88. The topological polar surface area (TPSA) is 75.6 Å². The van der Waals surface area contributed by atoms with Crippen molar-refractivity contribution in [1.29, 1.82) is 0 Å². The maximum absolute atomic E-state index is 15.1. The van der Waals surface area contributed by atoms with Crippen molar-refractivity contribution in [2.45, 2.75) is 64.7 Å². The quantitative estimate of drug-likeness (QED) is 0.164. The Morgan fingerprint density at radius 2 is 1.73 bits per heavy atom. The van der Waals surface area contributed by atoms with Gasteiger partial charge in [0.15, 0.2) is 11.6 Å². The van der Waals surface area contributed by atoms with Crippen LogP contribution in [0.4, 0.5) is 17.6 Å². The second-order valence-corrected chi connectivity index (χ2v) is 9.57. The molecule has 214 valence electrons. The van der Waals surface area contributed by atoms with E-state index in [0.717, 1.165) is 25.3 Å². The van der Waals surface area contributed by atoms with Crippen LogP contribution in [0.2, 0.25) is 0 Å².